The van der Waals surface area contributed by atoms with Gasteiger partial charge in [-0.3, -0.25) is 5.32 Å². The molecule has 1 saturated carbocycles. The zero-order chi connectivity index (χ0) is 22.3. The Bertz CT molecular complexity index is 764. The minimum absolute atomic E-state index is 0.252. The van der Waals surface area contributed by atoms with E-state index in [0.717, 1.165) is 37.5 Å². The summed E-state index contributed by atoms with van der Waals surface area (Å²) in [7, 11) is 6.85. The van der Waals surface area contributed by atoms with Gasteiger partial charge in [-0.15, -0.1) is 0 Å². The largest absolute Gasteiger partial charge is 0.493 e. The molecule has 1 fully saturated rings. The van der Waals surface area contributed by atoms with Gasteiger partial charge in [0.2, 0.25) is 5.75 Å². The van der Waals surface area contributed by atoms with Crippen LogP contribution < -0.4 is 35.5 Å². The molecule has 0 bridgehead atoms. The number of aliphatic imine (C=N–C) groups is 1. The highest BCUT2D eigenvalue weighted by Gasteiger charge is 2.25. The highest BCUT2D eigenvalue weighted by molar-refractivity contribution is 5.83. The summed E-state index contributed by atoms with van der Waals surface area (Å²) >= 11 is 0. The highest BCUT2D eigenvalue weighted by Crippen LogP contribution is 2.38. The fraction of sp³-hybridized carbons (Fsp3) is 0.609. The van der Waals surface area contributed by atoms with Gasteiger partial charge in [-0.25, -0.2) is 4.99 Å². The average molecular weight is 432 g/mol. The van der Waals surface area contributed by atoms with Crippen molar-refractivity contribution in [2.75, 3.05) is 34.9 Å². The normalized spacial score (nSPS) is 26.8. The number of guanidine groups is 1. The molecule has 0 amide bonds. The predicted octanol–water partition coefficient (Wildman–Crippen LogP) is 2.36. The van der Waals surface area contributed by atoms with E-state index < -0.39 is 0 Å². The summed E-state index contributed by atoms with van der Waals surface area (Å²) in [4.78, 5) is 4.90. The van der Waals surface area contributed by atoms with Crippen molar-refractivity contribution in [2.45, 2.75) is 50.9 Å². The summed E-state index contributed by atoms with van der Waals surface area (Å²) in [6, 6.07) is 4.37. The van der Waals surface area contributed by atoms with Gasteiger partial charge in [0.1, 0.15) is 5.66 Å². The van der Waals surface area contributed by atoms with Crippen LogP contribution in [0.2, 0.25) is 0 Å². The molecule has 0 radical (unpaired) electrons. The van der Waals surface area contributed by atoms with Crippen LogP contribution in [0.1, 0.15) is 38.2 Å². The summed E-state index contributed by atoms with van der Waals surface area (Å²) in [5.74, 6) is 3.53. The van der Waals surface area contributed by atoms with Gasteiger partial charge in [0.25, 0.3) is 0 Å². The summed E-state index contributed by atoms with van der Waals surface area (Å²) in [5.41, 5.74) is 0.863. The average Bonchev–Trinajstić information content (AvgIpc) is 2.79. The number of hydrogen-bond donors (Lipinski definition) is 4. The van der Waals surface area contributed by atoms with E-state index >= 15 is 0 Å². The molecule has 1 aliphatic heterocycles. The van der Waals surface area contributed by atoms with Gasteiger partial charge in [-0.2, -0.15) is 0 Å². The van der Waals surface area contributed by atoms with Crippen molar-refractivity contribution < 1.29 is 14.2 Å². The molecule has 0 saturated heterocycles. The molecule has 8 heteroatoms. The van der Waals surface area contributed by atoms with Crippen molar-refractivity contribution in [1.29, 1.82) is 0 Å². The quantitative estimate of drug-likeness (QED) is 0.477. The monoisotopic (exact) mass is 431 g/mol. The fourth-order valence-corrected chi connectivity index (χ4v) is 4.15. The molecule has 172 valence electrons. The van der Waals surface area contributed by atoms with Crippen LogP contribution in [-0.4, -0.2) is 52.6 Å². The molecule has 1 aromatic carbocycles. The number of nitrogens with zero attached hydrogens (tertiary/aromatic N) is 1. The Morgan fingerprint density at radius 2 is 1.74 bits per heavy atom. The molecule has 31 heavy (non-hydrogen) atoms. The van der Waals surface area contributed by atoms with Crippen LogP contribution in [0.25, 0.3) is 0 Å². The minimum atomic E-state index is -0.252. The molecule has 2 aliphatic rings. The minimum Gasteiger partial charge on any atom is -0.493 e. The zero-order valence-electron chi connectivity index (χ0n) is 19.4. The molecule has 0 aromatic heterocycles. The molecular weight excluding hydrogens is 394 g/mol. The fourth-order valence-electron chi connectivity index (χ4n) is 4.15. The number of likely N-dealkylation sites (N-methyl/N-ethyl adjacent to an activating group) is 1. The first-order valence-electron chi connectivity index (χ1n) is 11.0. The van der Waals surface area contributed by atoms with Crippen LogP contribution in [0.5, 0.6) is 17.2 Å². The second kappa shape index (κ2) is 10.7. The highest BCUT2D eigenvalue weighted by atomic mass is 16.5. The number of ether oxygens (including phenoxy) is 3. The van der Waals surface area contributed by atoms with Gasteiger partial charge < -0.3 is 30.2 Å². The lowest BCUT2D eigenvalue weighted by atomic mass is 9.86. The topological polar surface area (TPSA) is 88.2 Å². The van der Waals surface area contributed by atoms with Crippen LogP contribution in [-0.2, 0) is 6.54 Å². The van der Waals surface area contributed by atoms with Crippen LogP contribution >= 0.6 is 0 Å². The van der Waals surface area contributed by atoms with E-state index in [0.29, 0.717) is 29.2 Å². The van der Waals surface area contributed by atoms with Gasteiger partial charge >= 0.3 is 0 Å². The van der Waals surface area contributed by atoms with Gasteiger partial charge in [0.15, 0.2) is 17.5 Å². The number of nitrogens with one attached hydrogen (secondary N) is 4. The Morgan fingerprint density at radius 3 is 2.32 bits per heavy atom. The van der Waals surface area contributed by atoms with Crippen LogP contribution in [0.15, 0.2) is 29.4 Å². The standard InChI is InChI=1S/C23H37N5O3/c1-23(24-2)10-11-26-22(28-23)27-18-8-6-16(7-9-18)14-25-15-17-12-19(29-3)21(31-5)20(13-17)30-4/h10-13,16,18,24-25H,6-9,14-15H2,1-5H3,(H2,26,27,28). The third-order valence-corrected chi connectivity index (χ3v) is 6.15. The third-order valence-electron chi connectivity index (χ3n) is 6.15. The molecule has 8 nitrogen and oxygen atoms in total. The summed E-state index contributed by atoms with van der Waals surface area (Å²) < 4.78 is 16.3. The maximum atomic E-state index is 5.45. The molecule has 1 atom stereocenters. The lowest BCUT2D eigenvalue weighted by Gasteiger charge is -2.33. The van der Waals surface area contributed by atoms with E-state index in [2.05, 4.69) is 34.3 Å². The van der Waals surface area contributed by atoms with E-state index in [9.17, 15) is 0 Å². The van der Waals surface area contributed by atoms with Crippen molar-refractivity contribution in [2.24, 2.45) is 10.9 Å². The Morgan fingerprint density at radius 1 is 1.06 bits per heavy atom. The molecule has 3 rings (SSSR count). The van der Waals surface area contributed by atoms with Crippen molar-refractivity contribution >= 4 is 5.96 Å². The first kappa shape index (κ1) is 23.2. The molecule has 0 spiro atoms. The van der Waals surface area contributed by atoms with Gasteiger partial charge in [0.05, 0.1) is 27.4 Å². The van der Waals surface area contributed by atoms with Crippen LogP contribution in [0.4, 0.5) is 0 Å². The lowest BCUT2D eigenvalue weighted by Crippen LogP contribution is -2.59. The predicted molar refractivity (Wildman–Crippen MR) is 124 cm³/mol. The molecule has 1 aliphatic carbocycles. The second-order valence-corrected chi connectivity index (χ2v) is 8.37. The maximum Gasteiger partial charge on any atom is 0.203 e. The van der Waals surface area contributed by atoms with Crippen LogP contribution in [0.3, 0.4) is 0 Å². The number of benzene rings is 1. The number of hydrogen-bond acceptors (Lipinski definition) is 6. The van der Waals surface area contributed by atoms with Crippen molar-refractivity contribution in [3.63, 3.8) is 0 Å². The molecular formula is C23H37N5O3. The zero-order valence-corrected chi connectivity index (χ0v) is 19.4. The Balaban J connectivity index is 1.46. The SMILES string of the molecule is CNC1(C)C=CNC(=NC2CCC(CNCc3cc(OC)c(OC)c(OC)c3)CC2)N1. The summed E-state index contributed by atoms with van der Waals surface area (Å²) in [5, 5.41) is 13.5. The van der Waals surface area contributed by atoms with Gasteiger partial charge in [-0.1, -0.05) is 0 Å². The summed E-state index contributed by atoms with van der Waals surface area (Å²) in [6.07, 6.45) is 8.60. The molecule has 1 heterocycles. The second-order valence-electron chi connectivity index (χ2n) is 8.37. The Hall–Kier alpha value is -2.45. The van der Waals surface area contributed by atoms with E-state index in [1.807, 2.05) is 25.4 Å². The molecule has 1 unspecified atom stereocenters. The number of rotatable bonds is 9. The third kappa shape index (κ3) is 6.04. The van der Waals surface area contributed by atoms with E-state index in [1.165, 1.54) is 12.8 Å². The smallest absolute Gasteiger partial charge is 0.203 e. The van der Waals surface area contributed by atoms with Crippen molar-refractivity contribution in [3.8, 4) is 17.2 Å². The maximum absolute atomic E-state index is 5.45. The van der Waals surface area contributed by atoms with Crippen molar-refractivity contribution in [3.05, 3.63) is 30.0 Å². The summed E-state index contributed by atoms with van der Waals surface area (Å²) in [6.45, 7) is 3.86. The Kier molecular flexibility index (Phi) is 8.03. The van der Waals surface area contributed by atoms with E-state index in [1.54, 1.807) is 21.3 Å². The molecule has 4 N–H and O–H groups in total. The van der Waals surface area contributed by atoms with Crippen molar-refractivity contribution in [1.82, 2.24) is 21.3 Å². The van der Waals surface area contributed by atoms with Crippen LogP contribution in [0, 0.1) is 5.92 Å². The van der Waals surface area contributed by atoms with E-state index in [4.69, 9.17) is 19.2 Å². The molecule has 1 aromatic rings. The van der Waals surface area contributed by atoms with E-state index in [-0.39, 0.29) is 5.66 Å². The first-order valence-corrected chi connectivity index (χ1v) is 11.0. The van der Waals surface area contributed by atoms with Gasteiger partial charge in [0, 0.05) is 12.7 Å². The number of methoxy groups -OCH3 is 3. The Labute approximate surface area is 185 Å². The van der Waals surface area contributed by atoms with Gasteiger partial charge in [-0.05, 0) is 75.9 Å². The first-order chi connectivity index (χ1) is 15.0. The lowest BCUT2D eigenvalue weighted by molar-refractivity contribution is 0.312.